The summed E-state index contributed by atoms with van der Waals surface area (Å²) >= 11 is 0. The lowest BCUT2D eigenvalue weighted by Gasteiger charge is -2.28. The van der Waals surface area contributed by atoms with Crippen LogP contribution in [0.1, 0.15) is 6.42 Å². The Morgan fingerprint density at radius 2 is 1.47 bits per heavy atom. The summed E-state index contributed by atoms with van der Waals surface area (Å²) < 4.78 is 85.4. The molecule has 0 saturated heterocycles. The first kappa shape index (κ1) is 12.5. The molecule has 0 aromatic carbocycles. The number of alkyl halides is 7. The van der Waals surface area contributed by atoms with Crippen molar-refractivity contribution in [1.82, 2.24) is 0 Å². The summed E-state index contributed by atoms with van der Waals surface area (Å²) in [5, 5.41) is 0. The third-order valence-electron chi connectivity index (χ3n) is 2.47. The second-order valence-electron chi connectivity index (χ2n) is 3.53. The highest BCUT2D eigenvalue weighted by atomic mass is 19.4. The third kappa shape index (κ3) is 1.79. The van der Waals surface area contributed by atoms with Crippen LogP contribution in [0.2, 0.25) is 0 Å². The van der Waals surface area contributed by atoms with Crippen molar-refractivity contribution in [1.29, 1.82) is 0 Å². The molecule has 0 heterocycles. The van der Waals surface area contributed by atoms with Gasteiger partial charge in [0.25, 0.3) is 0 Å². The van der Waals surface area contributed by atoms with E-state index < -0.39 is 36.3 Å². The molecule has 0 radical (unpaired) electrons. The highest BCUT2D eigenvalue weighted by Crippen LogP contribution is 2.58. The van der Waals surface area contributed by atoms with E-state index in [4.69, 9.17) is 5.73 Å². The smallest absolute Gasteiger partial charge is 0.330 e. The molecule has 0 spiro atoms. The summed E-state index contributed by atoms with van der Waals surface area (Å²) in [7, 11) is 0. The molecule has 1 aliphatic carbocycles. The fourth-order valence-electron chi connectivity index (χ4n) is 1.37. The molecular formula is C7H8F7N. The monoisotopic (exact) mass is 239 g/mol. The Balaban J connectivity index is 2.86. The van der Waals surface area contributed by atoms with Gasteiger partial charge in [0.05, 0.1) is 0 Å². The molecule has 1 fully saturated rings. The van der Waals surface area contributed by atoms with Gasteiger partial charge in [-0.2, -0.15) is 30.7 Å². The van der Waals surface area contributed by atoms with Crippen molar-refractivity contribution < 1.29 is 30.7 Å². The number of halogens is 7. The van der Waals surface area contributed by atoms with E-state index in [-0.39, 0.29) is 6.54 Å². The zero-order valence-corrected chi connectivity index (χ0v) is 7.29. The van der Waals surface area contributed by atoms with Gasteiger partial charge in [-0.1, -0.05) is 0 Å². The van der Waals surface area contributed by atoms with Crippen LogP contribution in [0.4, 0.5) is 30.7 Å². The predicted molar refractivity (Wildman–Crippen MR) is 36.6 cm³/mol. The van der Waals surface area contributed by atoms with E-state index in [1.54, 1.807) is 0 Å². The summed E-state index contributed by atoms with van der Waals surface area (Å²) in [6.07, 6.45) is -6.63. The normalized spacial score (nSPS) is 28.0. The first-order valence-electron chi connectivity index (χ1n) is 4.08. The molecule has 0 aliphatic heterocycles. The van der Waals surface area contributed by atoms with Gasteiger partial charge in [0.1, 0.15) is 0 Å². The van der Waals surface area contributed by atoms with Gasteiger partial charge in [-0.05, 0) is 18.9 Å². The molecule has 0 aromatic rings. The van der Waals surface area contributed by atoms with E-state index in [1.165, 1.54) is 0 Å². The molecule has 1 aliphatic rings. The van der Waals surface area contributed by atoms with Gasteiger partial charge < -0.3 is 5.73 Å². The fraction of sp³-hybridized carbons (Fsp3) is 1.00. The molecule has 0 amide bonds. The van der Waals surface area contributed by atoms with Crippen molar-refractivity contribution in [2.24, 2.45) is 17.6 Å². The second kappa shape index (κ2) is 3.23. The van der Waals surface area contributed by atoms with Crippen LogP contribution in [0.3, 0.4) is 0 Å². The molecule has 1 nitrogen and oxygen atoms in total. The number of hydrogen-bond acceptors (Lipinski definition) is 1. The minimum Gasteiger partial charge on any atom is -0.330 e. The molecule has 1 rings (SSSR count). The summed E-state index contributed by atoms with van der Waals surface area (Å²) in [5.41, 5.74) is 4.91. The minimum atomic E-state index is -6.24. The van der Waals surface area contributed by atoms with Crippen molar-refractivity contribution >= 4 is 0 Å². The van der Waals surface area contributed by atoms with E-state index in [2.05, 4.69) is 0 Å². The summed E-state index contributed by atoms with van der Waals surface area (Å²) in [5.74, 6) is -14.0. The van der Waals surface area contributed by atoms with Crippen LogP contribution in [0, 0.1) is 11.8 Å². The molecule has 1 saturated carbocycles. The Hall–Kier alpha value is -0.530. The highest BCUT2D eigenvalue weighted by molar-refractivity contribution is 5.05. The van der Waals surface area contributed by atoms with Crippen LogP contribution in [-0.2, 0) is 0 Å². The largest absolute Gasteiger partial charge is 0.459 e. The Morgan fingerprint density at radius 3 is 1.73 bits per heavy atom. The highest BCUT2D eigenvalue weighted by Gasteiger charge is 2.78. The zero-order chi connectivity index (χ0) is 12.1. The average molecular weight is 239 g/mol. The van der Waals surface area contributed by atoms with Crippen molar-refractivity contribution in [3.05, 3.63) is 0 Å². The van der Waals surface area contributed by atoms with Gasteiger partial charge in [0.15, 0.2) is 0 Å². The first-order valence-corrected chi connectivity index (χ1v) is 4.08. The first-order chi connectivity index (χ1) is 6.55. The van der Waals surface area contributed by atoms with E-state index in [0.29, 0.717) is 0 Å². The van der Waals surface area contributed by atoms with Gasteiger partial charge >= 0.3 is 18.0 Å². The molecular weight excluding hydrogens is 231 g/mol. The van der Waals surface area contributed by atoms with Crippen LogP contribution in [0.25, 0.3) is 0 Å². The summed E-state index contributed by atoms with van der Waals surface area (Å²) in [4.78, 5) is 0. The topological polar surface area (TPSA) is 26.0 Å². The van der Waals surface area contributed by atoms with Gasteiger partial charge in [-0.25, -0.2) is 0 Å². The van der Waals surface area contributed by atoms with E-state index in [0.717, 1.165) is 0 Å². The molecule has 0 aromatic heterocycles. The average Bonchev–Trinajstić information content (AvgIpc) is 2.80. The Labute approximate surface area is 80.4 Å². The van der Waals surface area contributed by atoms with Crippen LogP contribution < -0.4 is 5.73 Å². The second-order valence-corrected chi connectivity index (χ2v) is 3.53. The lowest BCUT2D eigenvalue weighted by Crippen LogP contribution is -2.53. The third-order valence-corrected chi connectivity index (χ3v) is 2.47. The lowest BCUT2D eigenvalue weighted by molar-refractivity contribution is -0.360. The summed E-state index contributed by atoms with van der Waals surface area (Å²) in [6, 6.07) is 0. The molecule has 0 bridgehead atoms. The number of hydrogen-bond donors (Lipinski definition) is 1. The van der Waals surface area contributed by atoms with Crippen molar-refractivity contribution in [2.75, 3.05) is 6.54 Å². The maximum Gasteiger partial charge on any atom is 0.459 e. The van der Waals surface area contributed by atoms with Crippen molar-refractivity contribution in [3.63, 3.8) is 0 Å². The van der Waals surface area contributed by atoms with Gasteiger partial charge in [0, 0.05) is 5.92 Å². The van der Waals surface area contributed by atoms with Crippen LogP contribution in [-0.4, -0.2) is 24.6 Å². The standard InChI is InChI=1S/C7H8F7N/c8-5(9,4-1-3(4)2-15)6(10,11)7(12,13)14/h3-4H,1-2,15H2. The van der Waals surface area contributed by atoms with Crippen molar-refractivity contribution in [2.45, 2.75) is 24.4 Å². The fourth-order valence-corrected chi connectivity index (χ4v) is 1.37. The number of rotatable bonds is 3. The molecule has 2 N–H and O–H groups in total. The number of nitrogens with two attached hydrogens (primary N) is 1. The minimum absolute atomic E-state index is 0.311. The van der Waals surface area contributed by atoms with Crippen LogP contribution in [0.5, 0.6) is 0 Å². The SMILES string of the molecule is NCC1CC1C(F)(F)C(F)(F)C(F)(F)F. The van der Waals surface area contributed by atoms with Gasteiger partial charge in [-0.3, -0.25) is 0 Å². The molecule has 90 valence electrons. The quantitative estimate of drug-likeness (QED) is 0.752. The van der Waals surface area contributed by atoms with Gasteiger partial charge in [-0.15, -0.1) is 0 Å². The van der Waals surface area contributed by atoms with E-state index in [1.807, 2.05) is 0 Å². The van der Waals surface area contributed by atoms with Crippen LogP contribution in [0.15, 0.2) is 0 Å². The maximum atomic E-state index is 12.8. The Kier molecular flexibility index (Phi) is 2.70. The lowest BCUT2D eigenvalue weighted by atomic mass is 10.0. The van der Waals surface area contributed by atoms with Crippen LogP contribution >= 0.6 is 0 Å². The molecule has 2 unspecified atom stereocenters. The van der Waals surface area contributed by atoms with E-state index >= 15 is 0 Å². The van der Waals surface area contributed by atoms with Gasteiger partial charge in [0.2, 0.25) is 0 Å². The van der Waals surface area contributed by atoms with Crippen molar-refractivity contribution in [3.8, 4) is 0 Å². The molecule has 8 heteroatoms. The predicted octanol–water partition coefficient (Wildman–Crippen LogP) is 2.41. The Morgan fingerprint density at radius 1 is 1.00 bits per heavy atom. The Bertz CT molecular complexity index is 246. The van der Waals surface area contributed by atoms with E-state index in [9.17, 15) is 30.7 Å². The summed E-state index contributed by atoms with van der Waals surface area (Å²) in [6.45, 7) is -0.311. The maximum absolute atomic E-state index is 12.8. The molecule has 15 heavy (non-hydrogen) atoms. The molecule has 2 atom stereocenters. The zero-order valence-electron chi connectivity index (χ0n) is 7.29.